The Kier molecular flexibility index (Phi) is 7.26. The van der Waals surface area contributed by atoms with E-state index in [1.54, 1.807) is 24.3 Å². The van der Waals surface area contributed by atoms with Gasteiger partial charge < -0.3 is 10.4 Å². The van der Waals surface area contributed by atoms with Crippen LogP contribution in [0.4, 0.5) is 11.4 Å². The molecule has 0 aromatic heterocycles. The molecule has 3 rings (SSSR count). The average molecular weight is 478 g/mol. The molecule has 31 heavy (non-hydrogen) atoms. The number of rotatable bonds is 7. The molecule has 0 radical (unpaired) electrons. The molecule has 0 atom stereocenters. The number of aromatic hydroxyl groups is 1. The zero-order valence-corrected chi connectivity index (χ0v) is 18.3. The van der Waals surface area contributed by atoms with Crippen molar-refractivity contribution in [2.75, 3.05) is 11.9 Å². The molecule has 8 nitrogen and oxygen atoms in total. The number of nitro groups is 1. The van der Waals surface area contributed by atoms with Crippen LogP contribution < -0.4 is 5.32 Å². The van der Waals surface area contributed by atoms with E-state index in [1.807, 2.05) is 6.07 Å². The fraction of sp³-hybridized carbons (Fsp3) is 0.150. The van der Waals surface area contributed by atoms with Crippen molar-refractivity contribution in [3.63, 3.8) is 0 Å². The lowest BCUT2D eigenvalue weighted by Gasteiger charge is -2.14. The van der Waals surface area contributed by atoms with E-state index in [4.69, 9.17) is 23.8 Å². The summed E-state index contributed by atoms with van der Waals surface area (Å²) in [6.07, 6.45) is 2.09. The van der Waals surface area contributed by atoms with E-state index in [0.717, 1.165) is 6.07 Å². The molecule has 11 heteroatoms. The Morgan fingerprint density at radius 2 is 2.06 bits per heavy atom. The van der Waals surface area contributed by atoms with Gasteiger partial charge in [-0.05, 0) is 30.2 Å². The molecular formula is C20H16ClN3O5S2. The Bertz CT molecular complexity index is 1110. The van der Waals surface area contributed by atoms with E-state index in [-0.39, 0.29) is 30.2 Å². The van der Waals surface area contributed by atoms with Crippen LogP contribution in [0.1, 0.15) is 18.4 Å². The predicted molar refractivity (Wildman–Crippen MR) is 124 cm³/mol. The fourth-order valence-corrected chi connectivity index (χ4v) is 4.27. The molecule has 0 unspecified atom stereocenters. The van der Waals surface area contributed by atoms with Gasteiger partial charge in [-0.15, -0.1) is 0 Å². The van der Waals surface area contributed by atoms with Crippen LogP contribution >= 0.6 is 35.6 Å². The molecule has 1 aliphatic heterocycles. The Labute approximate surface area is 192 Å². The number of hydrogen-bond donors (Lipinski definition) is 2. The number of non-ortho nitro benzene ring substituents is 1. The summed E-state index contributed by atoms with van der Waals surface area (Å²) in [5, 5.41) is 23.5. The Hall–Kier alpha value is -2.95. The second-order valence-electron chi connectivity index (χ2n) is 6.47. The number of nitrogens with one attached hydrogen (secondary N) is 1. The molecule has 0 bridgehead atoms. The van der Waals surface area contributed by atoms with Crippen LogP contribution in [0, 0.1) is 10.1 Å². The molecule has 0 spiro atoms. The van der Waals surface area contributed by atoms with Gasteiger partial charge in [0.2, 0.25) is 5.91 Å². The molecule has 160 valence electrons. The fourth-order valence-electron chi connectivity index (χ4n) is 2.78. The van der Waals surface area contributed by atoms with Gasteiger partial charge in [0.05, 0.1) is 21.6 Å². The molecule has 0 aliphatic carbocycles. The first kappa shape index (κ1) is 22.7. The number of carbonyl (C=O) groups is 2. The third-order valence-electron chi connectivity index (χ3n) is 4.32. The monoisotopic (exact) mass is 477 g/mol. The molecule has 1 aliphatic rings. The van der Waals surface area contributed by atoms with Gasteiger partial charge in [-0.3, -0.25) is 24.6 Å². The summed E-state index contributed by atoms with van der Waals surface area (Å²) in [4.78, 5) is 36.7. The number of phenols is 1. The second-order valence-corrected chi connectivity index (χ2v) is 8.55. The van der Waals surface area contributed by atoms with Crippen LogP contribution in [-0.2, 0) is 9.59 Å². The molecule has 2 aromatic rings. The maximum absolute atomic E-state index is 12.6. The summed E-state index contributed by atoms with van der Waals surface area (Å²) in [6, 6.07) is 10.5. The lowest BCUT2D eigenvalue weighted by Crippen LogP contribution is -2.29. The Morgan fingerprint density at radius 1 is 1.32 bits per heavy atom. The molecule has 0 saturated carbocycles. The van der Waals surface area contributed by atoms with Crippen LogP contribution in [0.5, 0.6) is 5.75 Å². The van der Waals surface area contributed by atoms with E-state index in [0.29, 0.717) is 26.2 Å². The molecule has 2 aromatic carbocycles. The first-order valence-electron chi connectivity index (χ1n) is 9.03. The Morgan fingerprint density at radius 3 is 2.74 bits per heavy atom. The zero-order chi connectivity index (χ0) is 22.5. The molecule has 1 fully saturated rings. The van der Waals surface area contributed by atoms with E-state index >= 15 is 0 Å². The van der Waals surface area contributed by atoms with Gasteiger partial charge in [0.15, 0.2) is 0 Å². The quantitative estimate of drug-likeness (QED) is 0.197. The lowest BCUT2D eigenvalue weighted by atomic mass is 10.2. The van der Waals surface area contributed by atoms with Gasteiger partial charge in [-0.1, -0.05) is 53.8 Å². The number of thioether (sulfide) groups is 1. The highest BCUT2D eigenvalue weighted by Crippen LogP contribution is 2.34. The zero-order valence-electron chi connectivity index (χ0n) is 15.9. The third kappa shape index (κ3) is 5.60. The van der Waals surface area contributed by atoms with E-state index in [1.165, 1.54) is 28.8 Å². The molecule has 2 amide bonds. The summed E-state index contributed by atoms with van der Waals surface area (Å²) in [5.41, 5.74) is 0.505. The molecule has 2 N–H and O–H groups in total. The minimum Gasteiger partial charge on any atom is -0.506 e. The van der Waals surface area contributed by atoms with Crippen molar-refractivity contribution in [3.05, 3.63) is 68.1 Å². The summed E-state index contributed by atoms with van der Waals surface area (Å²) in [6.45, 7) is 0.254. The smallest absolute Gasteiger partial charge is 0.273 e. The minimum atomic E-state index is -0.645. The maximum Gasteiger partial charge on any atom is 0.273 e. The van der Waals surface area contributed by atoms with Gasteiger partial charge in [0.25, 0.3) is 11.6 Å². The van der Waals surface area contributed by atoms with Crippen LogP contribution in [0.2, 0.25) is 5.02 Å². The predicted octanol–water partition coefficient (Wildman–Crippen LogP) is 4.57. The van der Waals surface area contributed by atoms with Crippen molar-refractivity contribution in [2.24, 2.45) is 0 Å². The standard InChI is InChI=1S/C20H16ClN3O5S2/c21-14-5-2-1-4-12(14)10-17-19(27)23(20(30)31-17)9-3-6-18(26)22-15-8-7-13(24(28)29)11-16(15)25/h1-2,4-5,7-8,10-11,25H,3,6,9H2,(H,22,26)/b17-10+. The molecular weight excluding hydrogens is 462 g/mol. The number of benzene rings is 2. The summed E-state index contributed by atoms with van der Waals surface area (Å²) >= 11 is 12.6. The van der Waals surface area contributed by atoms with E-state index in [2.05, 4.69) is 5.32 Å². The van der Waals surface area contributed by atoms with Crippen LogP contribution in [0.25, 0.3) is 6.08 Å². The molecule has 1 heterocycles. The largest absolute Gasteiger partial charge is 0.506 e. The lowest BCUT2D eigenvalue weighted by molar-refractivity contribution is -0.384. The highest BCUT2D eigenvalue weighted by atomic mass is 35.5. The van der Waals surface area contributed by atoms with Gasteiger partial charge in [0.1, 0.15) is 10.1 Å². The van der Waals surface area contributed by atoms with Crippen molar-refractivity contribution in [1.82, 2.24) is 4.90 Å². The van der Waals surface area contributed by atoms with Crippen LogP contribution in [0.3, 0.4) is 0 Å². The van der Waals surface area contributed by atoms with E-state index < -0.39 is 16.6 Å². The number of thiocarbonyl (C=S) groups is 1. The van der Waals surface area contributed by atoms with Crippen molar-refractivity contribution >= 4 is 69.2 Å². The SMILES string of the molecule is O=C(CCCN1C(=O)/C(=C\c2ccccc2Cl)SC1=S)Nc1ccc([N+](=O)[O-])cc1O. The normalized spacial score (nSPS) is 14.9. The van der Waals surface area contributed by atoms with Gasteiger partial charge in [0, 0.05) is 24.1 Å². The maximum atomic E-state index is 12.6. The van der Waals surface area contributed by atoms with Crippen molar-refractivity contribution in [2.45, 2.75) is 12.8 Å². The highest BCUT2D eigenvalue weighted by Gasteiger charge is 2.31. The van der Waals surface area contributed by atoms with Crippen LogP contribution in [-0.4, -0.2) is 37.6 Å². The first-order chi connectivity index (χ1) is 14.8. The first-order valence-corrected chi connectivity index (χ1v) is 10.6. The number of anilines is 1. The third-order valence-corrected chi connectivity index (χ3v) is 6.04. The van der Waals surface area contributed by atoms with Gasteiger partial charge in [-0.2, -0.15) is 0 Å². The van der Waals surface area contributed by atoms with E-state index in [9.17, 15) is 24.8 Å². The van der Waals surface area contributed by atoms with Crippen molar-refractivity contribution in [3.8, 4) is 5.75 Å². The highest BCUT2D eigenvalue weighted by molar-refractivity contribution is 8.26. The number of amides is 2. The minimum absolute atomic E-state index is 0.0665. The number of nitrogens with zero attached hydrogens (tertiary/aromatic N) is 2. The number of nitro benzene ring substituents is 1. The van der Waals surface area contributed by atoms with Crippen molar-refractivity contribution in [1.29, 1.82) is 0 Å². The second kappa shape index (κ2) is 9.90. The average Bonchev–Trinajstić information content (AvgIpc) is 2.98. The topological polar surface area (TPSA) is 113 Å². The molecule has 1 saturated heterocycles. The van der Waals surface area contributed by atoms with Gasteiger partial charge in [-0.25, -0.2) is 0 Å². The summed E-state index contributed by atoms with van der Waals surface area (Å²) < 4.78 is 0.400. The number of halogens is 1. The number of phenolic OH excluding ortho intramolecular Hbond substituents is 1. The number of carbonyl (C=O) groups excluding carboxylic acids is 2. The summed E-state index contributed by atoms with van der Waals surface area (Å²) in [5.74, 6) is -1.05. The summed E-state index contributed by atoms with van der Waals surface area (Å²) in [7, 11) is 0. The van der Waals surface area contributed by atoms with Crippen molar-refractivity contribution < 1.29 is 19.6 Å². The number of hydrogen-bond acceptors (Lipinski definition) is 7. The van der Waals surface area contributed by atoms with Crippen LogP contribution in [0.15, 0.2) is 47.4 Å². The Balaban J connectivity index is 1.55. The van der Waals surface area contributed by atoms with Gasteiger partial charge >= 0.3 is 0 Å².